The summed E-state index contributed by atoms with van der Waals surface area (Å²) in [6, 6.07) is 0. The van der Waals surface area contributed by atoms with Gasteiger partial charge in [0.15, 0.2) is 0 Å². The molecule has 0 aromatic carbocycles. The number of hydrogen-bond donors (Lipinski definition) is 2. The first kappa shape index (κ1) is 10.5. The maximum Gasteiger partial charge on any atom is 0.0481 e. The standard InChI is InChI=1S/C9H16O2/c1-2-3-4-5-6-9(7-10)8-11/h1,9-11H,3-8H2. The normalized spacial score (nSPS) is 10.0. The second-order valence-corrected chi connectivity index (χ2v) is 2.68. The van der Waals surface area contributed by atoms with Crippen molar-refractivity contribution in [3.63, 3.8) is 0 Å². The Morgan fingerprint density at radius 2 is 1.82 bits per heavy atom. The molecule has 0 aromatic heterocycles. The fourth-order valence-corrected chi connectivity index (χ4v) is 0.900. The third-order valence-corrected chi connectivity index (χ3v) is 1.70. The highest BCUT2D eigenvalue weighted by Gasteiger charge is 2.03. The van der Waals surface area contributed by atoms with Crippen molar-refractivity contribution in [1.29, 1.82) is 0 Å². The van der Waals surface area contributed by atoms with Crippen LogP contribution in [-0.2, 0) is 0 Å². The minimum atomic E-state index is 0.0489. The van der Waals surface area contributed by atoms with E-state index in [1.807, 2.05) is 0 Å². The van der Waals surface area contributed by atoms with Crippen LogP contribution in [0.3, 0.4) is 0 Å². The Bertz CT molecular complexity index is 111. The van der Waals surface area contributed by atoms with Crippen molar-refractivity contribution in [2.75, 3.05) is 13.2 Å². The Balaban J connectivity index is 3.16. The van der Waals surface area contributed by atoms with Crippen molar-refractivity contribution >= 4 is 0 Å². The molecule has 0 aromatic rings. The van der Waals surface area contributed by atoms with E-state index in [0.29, 0.717) is 0 Å². The molecule has 2 heteroatoms. The molecule has 0 rings (SSSR count). The van der Waals surface area contributed by atoms with Crippen molar-refractivity contribution in [1.82, 2.24) is 0 Å². The Labute approximate surface area is 68.2 Å². The van der Waals surface area contributed by atoms with Crippen LogP contribution >= 0.6 is 0 Å². The van der Waals surface area contributed by atoms with Crippen LogP contribution in [0.4, 0.5) is 0 Å². The van der Waals surface area contributed by atoms with Gasteiger partial charge in [-0.2, -0.15) is 0 Å². The highest BCUT2D eigenvalue weighted by molar-refractivity contribution is 4.82. The van der Waals surface area contributed by atoms with Gasteiger partial charge in [0.05, 0.1) is 0 Å². The summed E-state index contributed by atoms with van der Waals surface area (Å²) in [5.41, 5.74) is 0. The number of unbranched alkanes of at least 4 members (excludes halogenated alkanes) is 2. The fourth-order valence-electron chi connectivity index (χ4n) is 0.900. The number of rotatable bonds is 6. The summed E-state index contributed by atoms with van der Waals surface area (Å²) in [4.78, 5) is 0. The van der Waals surface area contributed by atoms with Crippen LogP contribution in [0.25, 0.3) is 0 Å². The fraction of sp³-hybridized carbons (Fsp3) is 0.778. The van der Waals surface area contributed by atoms with Crippen molar-refractivity contribution in [2.45, 2.75) is 25.7 Å². The SMILES string of the molecule is C#CCCCCC(CO)CO. The van der Waals surface area contributed by atoms with Gasteiger partial charge in [-0.15, -0.1) is 12.3 Å². The number of terminal acetylenes is 1. The lowest BCUT2D eigenvalue weighted by Gasteiger charge is -2.08. The van der Waals surface area contributed by atoms with Crippen LogP contribution in [0, 0.1) is 18.3 Å². The van der Waals surface area contributed by atoms with Crippen LogP contribution in [0.2, 0.25) is 0 Å². The van der Waals surface area contributed by atoms with Gasteiger partial charge in [-0.25, -0.2) is 0 Å². The first-order valence-electron chi connectivity index (χ1n) is 4.00. The zero-order chi connectivity index (χ0) is 8.53. The number of aliphatic hydroxyl groups is 2. The van der Waals surface area contributed by atoms with Crippen LogP contribution in [0.15, 0.2) is 0 Å². The summed E-state index contributed by atoms with van der Waals surface area (Å²) in [6.45, 7) is 0.152. The van der Waals surface area contributed by atoms with Gasteiger partial charge in [0.1, 0.15) is 0 Å². The van der Waals surface area contributed by atoms with Gasteiger partial charge in [-0.05, 0) is 12.8 Å². The van der Waals surface area contributed by atoms with E-state index in [1.54, 1.807) is 0 Å². The van der Waals surface area contributed by atoms with E-state index in [4.69, 9.17) is 16.6 Å². The quantitative estimate of drug-likeness (QED) is 0.441. The van der Waals surface area contributed by atoms with E-state index in [2.05, 4.69) is 5.92 Å². The molecule has 11 heavy (non-hydrogen) atoms. The Kier molecular flexibility index (Phi) is 7.23. The first-order valence-corrected chi connectivity index (χ1v) is 4.00. The van der Waals surface area contributed by atoms with Gasteiger partial charge in [0.2, 0.25) is 0 Å². The van der Waals surface area contributed by atoms with E-state index in [-0.39, 0.29) is 19.1 Å². The Morgan fingerprint density at radius 1 is 1.18 bits per heavy atom. The molecule has 0 atom stereocenters. The molecule has 64 valence electrons. The number of aliphatic hydroxyl groups excluding tert-OH is 2. The molecule has 0 bridgehead atoms. The summed E-state index contributed by atoms with van der Waals surface area (Å²) in [6.07, 6.45) is 8.72. The van der Waals surface area contributed by atoms with Crippen LogP contribution in [0.1, 0.15) is 25.7 Å². The van der Waals surface area contributed by atoms with Crippen molar-refractivity contribution < 1.29 is 10.2 Å². The van der Waals surface area contributed by atoms with Crippen molar-refractivity contribution in [3.05, 3.63) is 0 Å². The molecule has 0 fully saturated rings. The molecule has 0 radical (unpaired) electrons. The molecule has 2 N–H and O–H groups in total. The molecule has 0 aliphatic rings. The molecule has 0 aliphatic heterocycles. The van der Waals surface area contributed by atoms with Crippen molar-refractivity contribution in [3.8, 4) is 12.3 Å². The zero-order valence-electron chi connectivity index (χ0n) is 6.79. The Morgan fingerprint density at radius 3 is 2.27 bits per heavy atom. The molecule has 0 saturated carbocycles. The summed E-state index contributed by atoms with van der Waals surface area (Å²) < 4.78 is 0. The molecule has 0 amide bonds. The molecule has 2 nitrogen and oxygen atoms in total. The lowest BCUT2D eigenvalue weighted by molar-refractivity contribution is 0.142. The third-order valence-electron chi connectivity index (χ3n) is 1.70. The smallest absolute Gasteiger partial charge is 0.0481 e. The topological polar surface area (TPSA) is 40.5 Å². The van der Waals surface area contributed by atoms with Crippen LogP contribution in [-0.4, -0.2) is 23.4 Å². The third kappa shape index (κ3) is 5.90. The summed E-state index contributed by atoms with van der Waals surface area (Å²) in [7, 11) is 0. The summed E-state index contributed by atoms with van der Waals surface area (Å²) >= 11 is 0. The van der Waals surface area contributed by atoms with Crippen LogP contribution < -0.4 is 0 Å². The summed E-state index contributed by atoms with van der Waals surface area (Å²) in [5, 5.41) is 17.4. The van der Waals surface area contributed by atoms with Gasteiger partial charge in [-0.3, -0.25) is 0 Å². The minimum absolute atomic E-state index is 0.0489. The molecule has 0 aliphatic carbocycles. The Hall–Kier alpha value is -0.520. The van der Waals surface area contributed by atoms with Gasteiger partial charge in [0, 0.05) is 25.6 Å². The first-order chi connectivity index (χ1) is 5.35. The van der Waals surface area contributed by atoms with Gasteiger partial charge < -0.3 is 10.2 Å². The zero-order valence-corrected chi connectivity index (χ0v) is 6.79. The predicted octanol–water partition coefficient (Wildman–Crippen LogP) is 0.781. The lowest BCUT2D eigenvalue weighted by atomic mass is 10.0. The maximum absolute atomic E-state index is 8.68. The maximum atomic E-state index is 8.68. The molecule has 0 spiro atoms. The van der Waals surface area contributed by atoms with Gasteiger partial charge in [0.25, 0.3) is 0 Å². The molecule has 0 unspecified atom stereocenters. The summed E-state index contributed by atoms with van der Waals surface area (Å²) in [5.74, 6) is 2.60. The monoisotopic (exact) mass is 156 g/mol. The van der Waals surface area contributed by atoms with Crippen LogP contribution in [0.5, 0.6) is 0 Å². The highest BCUT2D eigenvalue weighted by atomic mass is 16.3. The lowest BCUT2D eigenvalue weighted by Crippen LogP contribution is -2.10. The van der Waals surface area contributed by atoms with Gasteiger partial charge in [-0.1, -0.05) is 6.42 Å². The largest absolute Gasteiger partial charge is 0.396 e. The molecule has 0 heterocycles. The van der Waals surface area contributed by atoms with Gasteiger partial charge >= 0.3 is 0 Å². The van der Waals surface area contributed by atoms with E-state index < -0.39 is 0 Å². The van der Waals surface area contributed by atoms with E-state index >= 15 is 0 Å². The van der Waals surface area contributed by atoms with E-state index in [1.165, 1.54) is 0 Å². The van der Waals surface area contributed by atoms with E-state index in [9.17, 15) is 0 Å². The average molecular weight is 156 g/mol. The predicted molar refractivity (Wildman–Crippen MR) is 45.0 cm³/mol. The molecule has 0 saturated heterocycles. The van der Waals surface area contributed by atoms with Crippen molar-refractivity contribution in [2.24, 2.45) is 5.92 Å². The highest BCUT2D eigenvalue weighted by Crippen LogP contribution is 2.07. The molecular weight excluding hydrogens is 140 g/mol. The minimum Gasteiger partial charge on any atom is -0.396 e. The number of hydrogen-bond acceptors (Lipinski definition) is 2. The second-order valence-electron chi connectivity index (χ2n) is 2.68. The second kappa shape index (κ2) is 7.59. The molecular formula is C9H16O2. The van der Waals surface area contributed by atoms with E-state index in [0.717, 1.165) is 25.7 Å². The average Bonchev–Trinajstić information content (AvgIpc) is 2.05.